The van der Waals surface area contributed by atoms with E-state index in [1.54, 1.807) is 25.6 Å². The zero-order valence-corrected chi connectivity index (χ0v) is 26.1. The molecule has 0 fully saturated rings. The van der Waals surface area contributed by atoms with E-state index in [9.17, 15) is 19.5 Å². The Morgan fingerprint density at radius 2 is 1.64 bits per heavy atom. The zero-order valence-electron chi connectivity index (χ0n) is 25.3. The first-order chi connectivity index (χ1) is 20.9. The van der Waals surface area contributed by atoms with Crippen molar-refractivity contribution in [3.8, 4) is 17.1 Å². The number of carbonyl (C=O) groups excluding carboxylic acids is 2. The van der Waals surface area contributed by atoms with E-state index in [-0.39, 0.29) is 17.7 Å². The molecular formula is C34H36N4O5S. The standard InChI is InChI=1S/C34H36N4O5S/c1-21(33(41)42)37-31(39)27(38-32(40)28-15-16-29(44-28)34(2,3)4)18-23-11-13-25(14-12-23)30-35-19-24(20-36-30)10-9-22-7-6-8-26(17-22)43-5/h6-17,19-21,27H,18H2,1-5H3,(H,37,39)(H,38,40)(H,41,42)/b10-9+/t21-,27+/m1/s1. The zero-order chi connectivity index (χ0) is 31.9. The molecule has 0 saturated carbocycles. The van der Waals surface area contributed by atoms with Crippen molar-refractivity contribution in [1.29, 1.82) is 0 Å². The highest BCUT2D eigenvalue weighted by molar-refractivity contribution is 7.14. The number of carboxylic acid groups (broad SMARTS) is 1. The number of carbonyl (C=O) groups is 3. The van der Waals surface area contributed by atoms with Crippen LogP contribution in [0.1, 0.15) is 58.9 Å². The highest BCUT2D eigenvalue weighted by Gasteiger charge is 2.26. The van der Waals surface area contributed by atoms with Crippen LogP contribution >= 0.6 is 11.3 Å². The monoisotopic (exact) mass is 612 g/mol. The molecule has 2 heterocycles. The molecule has 2 atom stereocenters. The molecule has 228 valence electrons. The molecule has 2 aromatic heterocycles. The first-order valence-electron chi connectivity index (χ1n) is 14.1. The fraction of sp³-hybridized carbons (Fsp3) is 0.265. The molecule has 0 bridgehead atoms. The van der Waals surface area contributed by atoms with Gasteiger partial charge in [-0.05, 0) is 47.7 Å². The van der Waals surface area contributed by atoms with Gasteiger partial charge in [0.15, 0.2) is 5.82 Å². The minimum Gasteiger partial charge on any atom is -0.497 e. The van der Waals surface area contributed by atoms with Gasteiger partial charge in [-0.2, -0.15) is 0 Å². The van der Waals surface area contributed by atoms with Gasteiger partial charge in [-0.15, -0.1) is 11.3 Å². The van der Waals surface area contributed by atoms with Crippen molar-refractivity contribution in [3.63, 3.8) is 0 Å². The number of aromatic nitrogens is 2. The van der Waals surface area contributed by atoms with Crippen LogP contribution in [0.25, 0.3) is 23.5 Å². The van der Waals surface area contributed by atoms with Crippen LogP contribution in [-0.2, 0) is 21.4 Å². The maximum Gasteiger partial charge on any atom is 0.325 e. The Morgan fingerprint density at radius 3 is 2.25 bits per heavy atom. The summed E-state index contributed by atoms with van der Waals surface area (Å²) in [5.74, 6) is -0.809. The van der Waals surface area contributed by atoms with Gasteiger partial charge in [0, 0.05) is 34.8 Å². The molecule has 2 aromatic carbocycles. The van der Waals surface area contributed by atoms with Crippen molar-refractivity contribution in [2.24, 2.45) is 0 Å². The summed E-state index contributed by atoms with van der Waals surface area (Å²) in [7, 11) is 1.63. The molecule has 3 N–H and O–H groups in total. The van der Waals surface area contributed by atoms with Gasteiger partial charge in [-0.3, -0.25) is 14.4 Å². The molecule has 4 aromatic rings. The molecule has 44 heavy (non-hydrogen) atoms. The summed E-state index contributed by atoms with van der Waals surface area (Å²) >= 11 is 1.37. The predicted octanol–water partition coefficient (Wildman–Crippen LogP) is 5.61. The number of aliphatic carboxylic acids is 1. The van der Waals surface area contributed by atoms with Crippen LogP contribution in [0.15, 0.2) is 73.1 Å². The van der Waals surface area contributed by atoms with E-state index in [0.717, 1.165) is 32.9 Å². The lowest BCUT2D eigenvalue weighted by atomic mass is 9.95. The number of rotatable bonds is 11. The van der Waals surface area contributed by atoms with Gasteiger partial charge in [-0.1, -0.05) is 69.3 Å². The van der Waals surface area contributed by atoms with E-state index in [1.165, 1.54) is 18.3 Å². The van der Waals surface area contributed by atoms with Crippen LogP contribution in [0.2, 0.25) is 0 Å². The maximum atomic E-state index is 13.1. The first kappa shape index (κ1) is 32.1. The van der Waals surface area contributed by atoms with E-state index in [0.29, 0.717) is 10.7 Å². The highest BCUT2D eigenvalue weighted by Crippen LogP contribution is 2.29. The molecule has 9 nitrogen and oxygen atoms in total. The van der Waals surface area contributed by atoms with Crippen LogP contribution in [-0.4, -0.2) is 52.1 Å². The molecule has 0 aliphatic carbocycles. The van der Waals surface area contributed by atoms with Gasteiger partial charge >= 0.3 is 5.97 Å². The van der Waals surface area contributed by atoms with Gasteiger partial charge in [0.2, 0.25) is 5.91 Å². The summed E-state index contributed by atoms with van der Waals surface area (Å²) in [6.07, 6.45) is 7.52. The smallest absolute Gasteiger partial charge is 0.325 e. The van der Waals surface area contributed by atoms with E-state index in [4.69, 9.17) is 4.74 Å². The molecule has 10 heteroatoms. The second-order valence-corrected chi connectivity index (χ2v) is 12.4. The molecule has 2 amide bonds. The fourth-order valence-corrected chi connectivity index (χ4v) is 5.18. The number of amides is 2. The van der Waals surface area contributed by atoms with Crippen LogP contribution in [0.5, 0.6) is 5.75 Å². The van der Waals surface area contributed by atoms with Crippen molar-refractivity contribution in [1.82, 2.24) is 20.6 Å². The molecule has 0 aliphatic rings. The van der Waals surface area contributed by atoms with Crippen LogP contribution < -0.4 is 15.4 Å². The summed E-state index contributed by atoms with van der Waals surface area (Å²) in [6.45, 7) is 7.57. The number of carboxylic acids is 1. The van der Waals surface area contributed by atoms with Crippen molar-refractivity contribution in [3.05, 3.63) is 99.5 Å². The SMILES string of the molecule is COc1cccc(/C=C/c2cnc(-c3ccc(C[C@H](NC(=O)c4ccc(C(C)(C)C)s4)C(=O)N[C@H](C)C(=O)O)cc3)nc2)c1. The molecular weight excluding hydrogens is 576 g/mol. The number of methoxy groups -OCH3 is 1. The summed E-state index contributed by atoms with van der Waals surface area (Å²) < 4.78 is 5.26. The first-order valence-corrected chi connectivity index (χ1v) is 14.9. The van der Waals surface area contributed by atoms with Crippen LogP contribution in [0.4, 0.5) is 0 Å². The third-order valence-electron chi connectivity index (χ3n) is 6.81. The average Bonchev–Trinajstić information content (AvgIpc) is 3.52. The Hall–Kier alpha value is -4.83. The van der Waals surface area contributed by atoms with Crippen molar-refractivity contribution >= 4 is 41.3 Å². The second-order valence-electron chi connectivity index (χ2n) is 11.4. The Balaban J connectivity index is 1.46. The molecule has 0 unspecified atom stereocenters. The quantitative estimate of drug-likeness (QED) is 0.201. The Bertz CT molecular complexity index is 1640. The fourth-order valence-electron chi connectivity index (χ4n) is 4.21. The summed E-state index contributed by atoms with van der Waals surface area (Å²) in [5.41, 5.74) is 3.28. The molecule has 4 rings (SSSR count). The van der Waals surface area contributed by atoms with Gasteiger partial charge < -0.3 is 20.5 Å². The minimum absolute atomic E-state index is 0.115. The Kier molecular flexibility index (Phi) is 10.3. The largest absolute Gasteiger partial charge is 0.497 e. The highest BCUT2D eigenvalue weighted by atomic mass is 32.1. The van der Waals surface area contributed by atoms with Gasteiger partial charge in [-0.25, -0.2) is 9.97 Å². The van der Waals surface area contributed by atoms with Gasteiger partial charge in [0.05, 0.1) is 12.0 Å². The third-order valence-corrected chi connectivity index (χ3v) is 8.32. The molecule has 0 spiro atoms. The topological polar surface area (TPSA) is 131 Å². The van der Waals surface area contributed by atoms with E-state index >= 15 is 0 Å². The summed E-state index contributed by atoms with van der Waals surface area (Å²) in [6, 6.07) is 16.7. The predicted molar refractivity (Wildman–Crippen MR) is 173 cm³/mol. The molecule has 0 radical (unpaired) electrons. The van der Waals surface area contributed by atoms with Crippen LogP contribution in [0, 0.1) is 0 Å². The van der Waals surface area contributed by atoms with E-state index in [2.05, 4.69) is 41.4 Å². The van der Waals surface area contributed by atoms with Crippen molar-refractivity contribution in [2.45, 2.75) is 51.6 Å². The van der Waals surface area contributed by atoms with Crippen LogP contribution in [0.3, 0.4) is 0 Å². The lowest BCUT2D eigenvalue weighted by Gasteiger charge is -2.20. The van der Waals surface area contributed by atoms with Gasteiger partial charge in [0.25, 0.3) is 5.91 Å². The molecule has 0 aliphatic heterocycles. The van der Waals surface area contributed by atoms with Gasteiger partial charge in [0.1, 0.15) is 17.8 Å². The maximum absolute atomic E-state index is 13.1. The lowest BCUT2D eigenvalue weighted by molar-refractivity contribution is -0.141. The van der Waals surface area contributed by atoms with E-state index in [1.807, 2.05) is 66.7 Å². The van der Waals surface area contributed by atoms with E-state index < -0.39 is 24.0 Å². The number of benzene rings is 2. The minimum atomic E-state index is -1.16. The third kappa shape index (κ3) is 8.61. The normalized spacial score (nSPS) is 12.8. The summed E-state index contributed by atoms with van der Waals surface area (Å²) in [5, 5.41) is 14.6. The second kappa shape index (κ2) is 14.1. The lowest BCUT2D eigenvalue weighted by Crippen LogP contribution is -2.51. The number of ether oxygens (including phenoxy) is 1. The average molecular weight is 613 g/mol. The van der Waals surface area contributed by atoms with Crippen molar-refractivity contribution in [2.75, 3.05) is 7.11 Å². The number of hydrogen-bond acceptors (Lipinski definition) is 7. The summed E-state index contributed by atoms with van der Waals surface area (Å²) in [4.78, 5) is 48.0. The Morgan fingerprint density at radius 1 is 0.955 bits per heavy atom. The van der Waals surface area contributed by atoms with Crippen molar-refractivity contribution < 1.29 is 24.2 Å². The number of thiophene rings is 1. The number of nitrogens with zero attached hydrogens (tertiary/aromatic N) is 2. The molecule has 0 saturated heterocycles. The Labute approximate surface area is 261 Å². The number of nitrogens with one attached hydrogen (secondary N) is 2. The number of hydrogen-bond donors (Lipinski definition) is 3.